The molecule has 1 aliphatic heterocycles. The topological polar surface area (TPSA) is 52.6 Å². The molecule has 1 heterocycles. The maximum absolute atomic E-state index is 12.3. The summed E-state index contributed by atoms with van der Waals surface area (Å²) in [6.07, 6.45) is 2.95. The lowest BCUT2D eigenvalue weighted by atomic mass is 9.62. The molecule has 1 aliphatic carbocycles. The lowest BCUT2D eigenvalue weighted by molar-refractivity contribution is -0.144. The second-order valence-electron chi connectivity index (χ2n) is 7.98. The number of carboxylic acids is 1. The molecule has 0 saturated heterocycles. The van der Waals surface area contributed by atoms with E-state index in [1.165, 1.54) is 11.3 Å². The third-order valence-corrected chi connectivity index (χ3v) is 7.31. The van der Waals surface area contributed by atoms with Crippen LogP contribution in [0.2, 0.25) is 0 Å². The first-order valence-electron chi connectivity index (χ1n) is 9.47. The number of nitrogens with zero attached hydrogens (tertiary/aromatic N) is 1. The number of hydrogen-bond donors (Lipinski definition) is 2. The molecule has 4 nitrogen and oxygen atoms in total. The van der Waals surface area contributed by atoms with Gasteiger partial charge >= 0.3 is 5.97 Å². The van der Waals surface area contributed by atoms with Crippen LogP contribution in [0.1, 0.15) is 38.2 Å². The molecule has 1 atom stereocenters. The van der Waals surface area contributed by atoms with Gasteiger partial charge in [0.2, 0.25) is 0 Å². The molecular formula is C22H25BrN2O2. The van der Waals surface area contributed by atoms with Crippen molar-refractivity contribution in [3.63, 3.8) is 0 Å². The van der Waals surface area contributed by atoms with Gasteiger partial charge in [0.15, 0.2) is 0 Å². The predicted molar refractivity (Wildman–Crippen MR) is 113 cm³/mol. The highest BCUT2D eigenvalue weighted by Gasteiger charge is 2.54. The molecule has 5 heteroatoms. The molecule has 0 aromatic heterocycles. The Morgan fingerprint density at radius 1 is 1.15 bits per heavy atom. The van der Waals surface area contributed by atoms with Gasteiger partial charge in [-0.05, 0) is 62.4 Å². The number of likely N-dealkylation sites (N-methyl/N-ethyl adjacent to an activating group) is 1. The number of anilines is 2. The molecule has 27 heavy (non-hydrogen) atoms. The highest BCUT2D eigenvalue weighted by Crippen LogP contribution is 2.54. The van der Waals surface area contributed by atoms with Gasteiger partial charge in [0.1, 0.15) is 5.54 Å². The Balaban J connectivity index is 1.64. The summed E-state index contributed by atoms with van der Waals surface area (Å²) < 4.78 is 0.945. The minimum Gasteiger partial charge on any atom is -0.480 e. The molecule has 2 N–H and O–H groups in total. The van der Waals surface area contributed by atoms with Crippen molar-refractivity contribution in [2.45, 2.75) is 49.6 Å². The Bertz CT molecular complexity index is 874. The third kappa shape index (κ3) is 2.83. The Kier molecular flexibility index (Phi) is 4.46. The fourth-order valence-electron chi connectivity index (χ4n) is 5.05. The van der Waals surface area contributed by atoms with Crippen LogP contribution < -0.4 is 10.2 Å². The van der Waals surface area contributed by atoms with Crippen LogP contribution in [0.3, 0.4) is 0 Å². The monoisotopic (exact) mass is 428 g/mol. The molecule has 0 radical (unpaired) electrons. The highest BCUT2D eigenvalue weighted by atomic mass is 79.9. The minimum atomic E-state index is -0.915. The number of carboxylic acid groups (broad SMARTS) is 1. The van der Waals surface area contributed by atoms with E-state index in [1.54, 1.807) is 0 Å². The number of hydrogen-bond acceptors (Lipinski definition) is 3. The molecule has 4 rings (SSSR count). The minimum absolute atomic E-state index is 0.0310. The summed E-state index contributed by atoms with van der Waals surface area (Å²) in [5.41, 5.74) is 2.62. The normalized spacial score (nSPS) is 29.6. The molecule has 2 aromatic rings. The van der Waals surface area contributed by atoms with Crippen molar-refractivity contribution in [2.24, 2.45) is 0 Å². The number of rotatable bonds is 3. The van der Waals surface area contributed by atoms with Gasteiger partial charge in [-0.1, -0.05) is 40.2 Å². The van der Waals surface area contributed by atoms with Crippen molar-refractivity contribution in [3.8, 4) is 0 Å². The zero-order chi connectivity index (χ0) is 19.2. The average molecular weight is 429 g/mol. The zero-order valence-corrected chi connectivity index (χ0v) is 17.3. The number of halogens is 1. The molecular weight excluding hydrogens is 404 g/mol. The van der Waals surface area contributed by atoms with Gasteiger partial charge in [0.25, 0.3) is 0 Å². The van der Waals surface area contributed by atoms with Gasteiger partial charge < -0.3 is 15.3 Å². The number of fused-ring (bicyclic) bond motifs is 2. The van der Waals surface area contributed by atoms with Crippen LogP contribution in [0.25, 0.3) is 0 Å². The van der Waals surface area contributed by atoms with Crippen molar-refractivity contribution in [3.05, 3.63) is 58.6 Å². The predicted octanol–water partition coefficient (Wildman–Crippen LogP) is 5.03. The third-order valence-electron chi connectivity index (χ3n) is 6.81. The number of carbonyl (C=O) groups is 1. The van der Waals surface area contributed by atoms with E-state index in [-0.39, 0.29) is 5.41 Å². The zero-order valence-electron chi connectivity index (χ0n) is 15.7. The van der Waals surface area contributed by atoms with Gasteiger partial charge in [0.05, 0.1) is 0 Å². The quantitative estimate of drug-likeness (QED) is 0.718. The van der Waals surface area contributed by atoms with Crippen LogP contribution in [0.4, 0.5) is 11.4 Å². The maximum atomic E-state index is 12.3. The van der Waals surface area contributed by atoms with E-state index >= 15 is 0 Å². The summed E-state index contributed by atoms with van der Waals surface area (Å²) in [7, 11) is 2.15. The van der Waals surface area contributed by atoms with Crippen molar-refractivity contribution in [1.82, 2.24) is 0 Å². The molecule has 2 aliphatic rings. The number of aliphatic carboxylic acids is 1. The van der Waals surface area contributed by atoms with E-state index in [0.717, 1.165) is 23.0 Å². The molecule has 1 saturated carbocycles. The van der Waals surface area contributed by atoms with E-state index in [9.17, 15) is 9.90 Å². The van der Waals surface area contributed by atoms with Crippen molar-refractivity contribution in [2.75, 3.05) is 17.3 Å². The second-order valence-corrected chi connectivity index (χ2v) is 8.90. The lowest BCUT2D eigenvalue weighted by Gasteiger charge is -2.46. The van der Waals surface area contributed by atoms with Crippen LogP contribution >= 0.6 is 15.9 Å². The fraction of sp³-hybridized carbons (Fsp3) is 0.409. The summed E-state index contributed by atoms with van der Waals surface area (Å²) in [6, 6.07) is 16.7. The summed E-state index contributed by atoms with van der Waals surface area (Å²) in [4.78, 5) is 14.6. The van der Waals surface area contributed by atoms with Crippen LogP contribution in [-0.4, -0.2) is 29.7 Å². The van der Waals surface area contributed by atoms with Gasteiger partial charge in [-0.3, -0.25) is 0 Å². The van der Waals surface area contributed by atoms with Crippen LogP contribution in [0, 0.1) is 0 Å². The Morgan fingerprint density at radius 2 is 1.85 bits per heavy atom. The molecule has 2 aromatic carbocycles. The van der Waals surface area contributed by atoms with E-state index < -0.39 is 11.5 Å². The first-order chi connectivity index (χ1) is 12.9. The van der Waals surface area contributed by atoms with Gasteiger partial charge in [0, 0.05) is 34.4 Å². The first-order valence-corrected chi connectivity index (χ1v) is 10.3. The molecule has 1 spiro atoms. The Hall–Kier alpha value is -2.01. The standard InChI is InChI=1S/C22H25BrN2O2/c1-15-21(18-8-3-4-9-19(18)25(15)2)10-12-22(13-11-21,20(26)27)24-17-7-5-6-16(23)14-17/h3-9,14-15,24H,10-13H2,1-2H3,(H,26,27). The van der Waals surface area contributed by atoms with Gasteiger partial charge in [-0.15, -0.1) is 0 Å². The van der Waals surface area contributed by atoms with Crippen molar-refractivity contribution >= 4 is 33.3 Å². The van der Waals surface area contributed by atoms with E-state index in [2.05, 4.69) is 64.4 Å². The summed E-state index contributed by atoms with van der Waals surface area (Å²) >= 11 is 3.47. The number of nitrogens with one attached hydrogen (secondary N) is 1. The van der Waals surface area contributed by atoms with Crippen molar-refractivity contribution in [1.29, 1.82) is 0 Å². The van der Waals surface area contributed by atoms with Crippen LogP contribution in [0.15, 0.2) is 53.0 Å². The van der Waals surface area contributed by atoms with Crippen molar-refractivity contribution < 1.29 is 9.90 Å². The van der Waals surface area contributed by atoms with E-state index in [1.807, 2.05) is 24.3 Å². The molecule has 1 unspecified atom stereocenters. The van der Waals surface area contributed by atoms with Crippen LogP contribution in [-0.2, 0) is 10.2 Å². The molecule has 1 fully saturated rings. The van der Waals surface area contributed by atoms with E-state index in [4.69, 9.17) is 0 Å². The molecule has 0 bridgehead atoms. The van der Waals surface area contributed by atoms with E-state index in [0.29, 0.717) is 18.9 Å². The number of para-hydroxylation sites is 1. The first kappa shape index (κ1) is 18.4. The van der Waals surface area contributed by atoms with Gasteiger partial charge in [-0.25, -0.2) is 4.79 Å². The largest absolute Gasteiger partial charge is 0.480 e. The lowest BCUT2D eigenvalue weighted by Crippen LogP contribution is -2.54. The molecule has 0 amide bonds. The summed E-state index contributed by atoms with van der Waals surface area (Å²) in [5, 5.41) is 13.4. The second kappa shape index (κ2) is 6.55. The maximum Gasteiger partial charge on any atom is 0.329 e. The van der Waals surface area contributed by atoms with Crippen LogP contribution in [0.5, 0.6) is 0 Å². The summed E-state index contributed by atoms with van der Waals surface area (Å²) in [6.45, 7) is 2.27. The highest BCUT2D eigenvalue weighted by molar-refractivity contribution is 9.10. The summed E-state index contributed by atoms with van der Waals surface area (Å²) in [5.74, 6) is -0.760. The Morgan fingerprint density at radius 3 is 2.52 bits per heavy atom. The fourth-order valence-corrected chi connectivity index (χ4v) is 5.45. The average Bonchev–Trinajstić information content (AvgIpc) is 2.86. The smallest absolute Gasteiger partial charge is 0.329 e. The SMILES string of the molecule is CC1N(C)c2ccccc2C12CCC(Nc1cccc(Br)c1)(C(=O)O)CC2. The molecule has 142 valence electrons. The number of benzene rings is 2. The van der Waals surface area contributed by atoms with Gasteiger partial charge in [-0.2, -0.15) is 0 Å². The Labute approximate surface area is 168 Å².